The van der Waals surface area contributed by atoms with Gasteiger partial charge in [0.05, 0.1) is 12.9 Å². The van der Waals surface area contributed by atoms with Crippen molar-refractivity contribution < 1.29 is 9.53 Å². The lowest BCUT2D eigenvalue weighted by Crippen LogP contribution is -2.16. The molecule has 3 rings (SSSR count). The van der Waals surface area contributed by atoms with Gasteiger partial charge in [0, 0.05) is 17.3 Å². The summed E-state index contributed by atoms with van der Waals surface area (Å²) in [5.41, 5.74) is 2.66. The third-order valence-electron chi connectivity index (χ3n) is 3.63. The number of ether oxygens (including phenoxy) is 1. The molecule has 26 heavy (non-hydrogen) atoms. The summed E-state index contributed by atoms with van der Waals surface area (Å²) in [4.78, 5) is 12.1. The highest BCUT2D eigenvalue weighted by molar-refractivity contribution is 7.99. The number of amides is 1. The molecule has 0 bridgehead atoms. The van der Waals surface area contributed by atoms with Crippen LogP contribution in [0.1, 0.15) is 5.56 Å². The lowest BCUT2D eigenvalue weighted by molar-refractivity contribution is -0.113. The highest BCUT2D eigenvalue weighted by atomic mass is 32.2. The van der Waals surface area contributed by atoms with Gasteiger partial charge in [0.1, 0.15) is 5.75 Å². The van der Waals surface area contributed by atoms with Crippen molar-refractivity contribution in [2.45, 2.75) is 12.1 Å². The second kappa shape index (κ2) is 7.92. The molecule has 0 unspecified atom stereocenters. The number of methoxy groups -OCH3 is 1. The van der Waals surface area contributed by atoms with Gasteiger partial charge in [0.25, 0.3) is 0 Å². The number of hydrogen-bond donors (Lipinski definition) is 2. The predicted octanol–water partition coefficient (Wildman–Crippen LogP) is 2.71. The van der Waals surface area contributed by atoms with Crippen molar-refractivity contribution in [1.29, 1.82) is 0 Å². The van der Waals surface area contributed by atoms with Crippen LogP contribution in [0.4, 0.5) is 5.69 Å². The van der Waals surface area contributed by atoms with Gasteiger partial charge in [-0.25, -0.2) is 4.68 Å². The third-order valence-corrected chi connectivity index (χ3v) is 4.57. The standard InChI is InChI=1S/C18H19N5O2S/c1-12-5-3-6-13(9-12)17-21-22-18(23(17)19)26-11-16(24)20-14-7-4-8-15(10-14)25-2/h3-10H,11,19H2,1-2H3,(H,20,24). The Balaban J connectivity index is 1.64. The van der Waals surface area contributed by atoms with Crippen molar-refractivity contribution in [3.63, 3.8) is 0 Å². The number of hydrogen-bond acceptors (Lipinski definition) is 6. The summed E-state index contributed by atoms with van der Waals surface area (Å²) in [5, 5.41) is 11.5. The summed E-state index contributed by atoms with van der Waals surface area (Å²) < 4.78 is 6.54. The largest absolute Gasteiger partial charge is 0.497 e. The van der Waals surface area contributed by atoms with Crippen LogP contribution in [0.3, 0.4) is 0 Å². The molecule has 0 fully saturated rings. The van der Waals surface area contributed by atoms with Gasteiger partial charge >= 0.3 is 0 Å². The van der Waals surface area contributed by atoms with E-state index in [1.807, 2.05) is 43.3 Å². The summed E-state index contributed by atoms with van der Waals surface area (Å²) in [7, 11) is 1.58. The van der Waals surface area contributed by atoms with Crippen LogP contribution in [0.2, 0.25) is 0 Å². The Bertz CT molecular complexity index is 925. The fourth-order valence-electron chi connectivity index (χ4n) is 2.38. The Morgan fingerprint density at radius 2 is 2.04 bits per heavy atom. The molecular formula is C18H19N5O2S. The molecule has 0 saturated carbocycles. The van der Waals surface area contributed by atoms with Crippen LogP contribution in [-0.2, 0) is 4.79 Å². The molecule has 0 atom stereocenters. The maximum atomic E-state index is 12.1. The number of rotatable bonds is 6. The molecule has 134 valence electrons. The number of anilines is 1. The first kappa shape index (κ1) is 17.8. The van der Waals surface area contributed by atoms with Gasteiger partial charge in [0.2, 0.25) is 11.1 Å². The highest BCUT2D eigenvalue weighted by Crippen LogP contribution is 2.23. The summed E-state index contributed by atoms with van der Waals surface area (Å²) >= 11 is 1.23. The molecule has 0 radical (unpaired) electrons. The normalized spacial score (nSPS) is 10.5. The molecular weight excluding hydrogens is 350 g/mol. The Labute approximate surface area is 155 Å². The molecule has 3 N–H and O–H groups in total. The van der Waals surface area contributed by atoms with Crippen LogP contribution in [0.25, 0.3) is 11.4 Å². The molecule has 0 saturated heterocycles. The summed E-state index contributed by atoms with van der Waals surface area (Å²) in [6.07, 6.45) is 0. The average molecular weight is 369 g/mol. The van der Waals surface area contributed by atoms with Gasteiger partial charge in [0.15, 0.2) is 5.82 Å². The molecule has 0 aliphatic carbocycles. The number of aromatic nitrogens is 3. The molecule has 0 spiro atoms. The zero-order valence-corrected chi connectivity index (χ0v) is 15.3. The van der Waals surface area contributed by atoms with Crippen molar-refractivity contribution in [3.05, 3.63) is 54.1 Å². The number of nitrogen functional groups attached to an aromatic ring is 1. The summed E-state index contributed by atoms with van der Waals surface area (Å²) in [6, 6.07) is 15.0. The minimum Gasteiger partial charge on any atom is -0.497 e. The monoisotopic (exact) mass is 369 g/mol. The molecule has 8 heteroatoms. The number of aryl methyl sites for hydroxylation is 1. The lowest BCUT2D eigenvalue weighted by Gasteiger charge is -2.07. The maximum absolute atomic E-state index is 12.1. The number of carbonyl (C=O) groups is 1. The fourth-order valence-corrected chi connectivity index (χ4v) is 3.04. The van der Waals surface area contributed by atoms with E-state index in [1.54, 1.807) is 19.2 Å². The van der Waals surface area contributed by atoms with Crippen molar-refractivity contribution in [2.24, 2.45) is 0 Å². The molecule has 0 aliphatic heterocycles. The molecule has 1 amide bonds. The number of benzene rings is 2. The third kappa shape index (κ3) is 4.15. The maximum Gasteiger partial charge on any atom is 0.234 e. The van der Waals surface area contributed by atoms with E-state index in [0.717, 1.165) is 11.1 Å². The minimum atomic E-state index is -0.164. The zero-order valence-electron chi connectivity index (χ0n) is 14.5. The minimum absolute atomic E-state index is 0.164. The van der Waals surface area contributed by atoms with Crippen molar-refractivity contribution in [3.8, 4) is 17.1 Å². The second-order valence-corrected chi connectivity index (χ2v) is 6.56. The van der Waals surface area contributed by atoms with E-state index in [4.69, 9.17) is 10.6 Å². The van der Waals surface area contributed by atoms with E-state index in [9.17, 15) is 4.79 Å². The first-order valence-electron chi connectivity index (χ1n) is 7.91. The number of nitrogens with zero attached hydrogens (tertiary/aromatic N) is 3. The lowest BCUT2D eigenvalue weighted by atomic mass is 10.1. The molecule has 0 aliphatic rings. The molecule has 2 aromatic carbocycles. The zero-order chi connectivity index (χ0) is 18.5. The van der Waals surface area contributed by atoms with Crippen molar-refractivity contribution in [2.75, 3.05) is 24.0 Å². The first-order chi connectivity index (χ1) is 12.6. The first-order valence-corrected chi connectivity index (χ1v) is 8.89. The average Bonchev–Trinajstić information content (AvgIpc) is 3.01. The number of nitrogens with one attached hydrogen (secondary N) is 1. The van der Waals surface area contributed by atoms with Gasteiger partial charge in [-0.2, -0.15) is 0 Å². The molecule has 1 heterocycles. The molecule has 1 aromatic heterocycles. The van der Waals surface area contributed by atoms with Gasteiger partial charge in [-0.05, 0) is 25.1 Å². The number of thioether (sulfide) groups is 1. The number of carbonyl (C=O) groups excluding carboxylic acids is 1. The smallest absolute Gasteiger partial charge is 0.234 e. The van der Waals surface area contributed by atoms with E-state index in [1.165, 1.54) is 16.4 Å². The van der Waals surface area contributed by atoms with Crippen LogP contribution in [0.5, 0.6) is 5.75 Å². The predicted molar refractivity (Wildman–Crippen MR) is 103 cm³/mol. The van der Waals surface area contributed by atoms with Crippen LogP contribution in [-0.4, -0.2) is 33.6 Å². The topological polar surface area (TPSA) is 95.1 Å². The van der Waals surface area contributed by atoms with Gasteiger partial charge in [-0.1, -0.05) is 41.6 Å². The SMILES string of the molecule is COc1cccc(NC(=O)CSc2nnc(-c3cccc(C)c3)n2N)c1. The molecule has 7 nitrogen and oxygen atoms in total. The Kier molecular flexibility index (Phi) is 5.43. The fraction of sp³-hybridized carbons (Fsp3) is 0.167. The van der Waals surface area contributed by atoms with E-state index >= 15 is 0 Å². The summed E-state index contributed by atoms with van der Waals surface area (Å²) in [5.74, 6) is 7.33. The van der Waals surface area contributed by atoms with Crippen molar-refractivity contribution >= 4 is 23.4 Å². The number of nitrogens with two attached hydrogens (primary N) is 1. The molecule has 3 aromatic rings. The summed E-state index contributed by atoms with van der Waals surface area (Å²) in [6.45, 7) is 2.00. The second-order valence-electron chi connectivity index (χ2n) is 5.61. The van der Waals surface area contributed by atoms with Gasteiger partial charge in [-0.15, -0.1) is 10.2 Å². The van der Waals surface area contributed by atoms with E-state index < -0.39 is 0 Å². The van der Waals surface area contributed by atoms with Crippen LogP contribution in [0, 0.1) is 6.92 Å². The Hall–Kier alpha value is -3.00. The van der Waals surface area contributed by atoms with Crippen LogP contribution < -0.4 is 15.9 Å². The Morgan fingerprint density at radius 1 is 1.23 bits per heavy atom. The van der Waals surface area contributed by atoms with Crippen LogP contribution in [0.15, 0.2) is 53.7 Å². The quantitative estimate of drug-likeness (QED) is 0.512. The van der Waals surface area contributed by atoms with E-state index in [-0.39, 0.29) is 11.7 Å². The highest BCUT2D eigenvalue weighted by Gasteiger charge is 2.14. The van der Waals surface area contributed by atoms with Crippen LogP contribution >= 0.6 is 11.8 Å². The van der Waals surface area contributed by atoms with Gasteiger partial charge < -0.3 is 15.9 Å². The van der Waals surface area contributed by atoms with Gasteiger partial charge in [-0.3, -0.25) is 4.79 Å². The van der Waals surface area contributed by atoms with E-state index in [2.05, 4.69) is 15.5 Å². The van der Waals surface area contributed by atoms with E-state index in [0.29, 0.717) is 22.4 Å². The van der Waals surface area contributed by atoms with Crippen molar-refractivity contribution in [1.82, 2.24) is 14.9 Å². The Morgan fingerprint density at radius 3 is 2.81 bits per heavy atom.